The number of nitrogens with one attached hydrogen (secondary N) is 3. The number of aromatic nitrogens is 2. The van der Waals surface area contributed by atoms with E-state index in [4.69, 9.17) is 0 Å². The molecule has 4 heteroatoms. The molecule has 0 amide bonds. The van der Waals surface area contributed by atoms with E-state index in [1.54, 1.807) is 0 Å². The number of imidazole rings is 1. The molecule has 20 heavy (non-hydrogen) atoms. The molecule has 1 saturated carbocycles. The van der Waals surface area contributed by atoms with Crippen molar-refractivity contribution in [2.75, 3.05) is 7.05 Å². The van der Waals surface area contributed by atoms with Gasteiger partial charge in [0.25, 0.3) is 0 Å². The number of fused-ring (bicyclic) bond motifs is 1. The number of hydrogen-bond donors (Lipinski definition) is 3. The first-order valence-corrected chi connectivity index (χ1v) is 7.18. The van der Waals surface area contributed by atoms with Gasteiger partial charge in [-0.25, -0.2) is 4.79 Å². The summed E-state index contributed by atoms with van der Waals surface area (Å²) in [5.74, 6) is 0.586. The highest BCUT2D eigenvalue weighted by molar-refractivity contribution is 5.75. The average molecular weight is 273 g/mol. The van der Waals surface area contributed by atoms with Crippen LogP contribution >= 0.6 is 0 Å². The fraction of sp³-hybridized carbons (Fsp3) is 0.562. The molecule has 1 fully saturated rings. The predicted octanol–water partition coefficient (Wildman–Crippen LogP) is 2.80. The van der Waals surface area contributed by atoms with Crippen molar-refractivity contribution in [2.24, 2.45) is 16.7 Å². The van der Waals surface area contributed by atoms with Gasteiger partial charge in [-0.1, -0.05) is 33.8 Å². The van der Waals surface area contributed by atoms with Crippen molar-refractivity contribution >= 4 is 11.0 Å². The van der Waals surface area contributed by atoms with Crippen molar-refractivity contribution in [1.82, 2.24) is 15.3 Å². The van der Waals surface area contributed by atoms with Gasteiger partial charge in [0, 0.05) is 6.04 Å². The third-order valence-corrected chi connectivity index (χ3v) is 5.68. The highest BCUT2D eigenvalue weighted by Gasteiger charge is 2.67. The Morgan fingerprint density at radius 2 is 1.70 bits per heavy atom. The summed E-state index contributed by atoms with van der Waals surface area (Å²) in [6.45, 7) is 9.33. The van der Waals surface area contributed by atoms with E-state index in [9.17, 15) is 4.79 Å². The van der Waals surface area contributed by atoms with E-state index in [2.05, 4.69) is 55.1 Å². The van der Waals surface area contributed by atoms with Crippen molar-refractivity contribution in [1.29, 1.82) is 0 Å². The minimum atomic E-state index is -0.148. The second-order valence-corrected chi connectivity index (χ2v) is 7.07. The minimum absolute atomic E-state index is 0.148. The van der Waals surface area contributed by atoms with Crippen molar-refractivity contribution in [3.63, 3.8) is 0 Å². The number of H-pyrrole nitrogens is 2. The maximum Gasteiger partial charge on any atom is 0.323 e. The molecule has 3 N–H and O–H groups in total. The molecule has 0 radical (unpaired) electrons. The van der Waals surface area contributed by atoms with Crippen LogP contribution in [0.5, 0.6) is 0 Å². The van der Waals surface area contributed by atoms with E-state index in [1.165, 1.54) is 5.56 Å². The summed E-state index contributed by atoms with van der Waals surface area (Å²) in [7, 11) is 2.01. The summed E-state index contributed by atoms with van der Waals surface area (Å²) in [5, 5.41) is 3.46. The molecule has 1 atom stereocenters. The molecule has 108 valence electrons. The third-order valence-electron chi connectivity index (χ3n) is 5.68. The lowest BCUT2D eigenvalue weighted by Crippen LogP contribution is -2.21. The lowest BCUT2D eigenvalue weighted by Gasteiger charge is -2.19. The molecule has 1 aromatic heterocycles. The molecular weight excluding hydrogens is 250 g/mol. The standard InChI is InChI=1S/C16H23N3O/c1-15(2)13(16(15,3)4)12(17-5)9-6-7-10-11(8-9)19-14(20)18-10/h6-8,12-13,17H,1-5H3,(H2,18,19,20). The molecular formula is C16H23N3O. The Balaban J connectivity index is 2.02. The minimum Gasteiger partial charge on any atom is -0.313 e. The van der Waals surface area contributed by atoms with Crippen LogP contribution < -0.4 is 11.0 Å². The normalized spacial score (nSPS) is 22.1. The first-order valence-electron chi connectivity index (χ1n) is 7.18. The lowest BCUT2D eigenvalue weighted by atomic mass is 9.96. The van der Waals surface area contributed by atoms with Gasteiger partial charge in [0.15, 0.2) is 0 Å². The Kier molecular flexibility index (Phi) is 2.67. The molecule has 3 rings (SSSR count). The number of hydrogen-bond acceptors (Lipinski definition) is 2. The van der Waals surface area contributed by atoms with Crippen molar-refractivity contribution in [3.05, 3.63) is 34.2 Å². The number of rotatable bonds is 3. The fourth-order valence-electron chi connectivity index (χ4n) is 3.85. The van der Waals surface area contributed by atoms with Crippen LogP contribution in [0.1, 0.15) is 39.3 Å². The lowest BCUT2D eigenvalue weighted by molar-refractivity contribution is 0.438. The molecule has 1 aliphatic rings. The summed E-state index contributed by atoms with van der Waals surface area (Å²) in [5.41, 5.74) is 3.47. The average Bonchev–Trinajstić information content (AvgIpc) is 2.68. The maximum atomic E-state index is 11.4. The quantitative estimate of drug-likeness (QED) is 0.805. The summed E-state index contributed by atoms with van der Waals surface area (Å²) in [6.07, 6.45) is 0. The fourth-order valence-corrected chi connectivity index (χ4v) is 3.85. The number of benzene rings is 1. The van der Waals surface area contributed by atoms with Gasteiger partial charge in [-0.3, -0.25) is 0 Å². The second-order valence-electron chi connectivity index (χ2n) is 7.07. The Morgan fingerprint density at radius 3 is 2.25 bits per heavy atom. The van der Waals surface area contributed by atoms with Crippen LogP contribution in [0.25, 0.3) is 11.0 Å². The zero-order valence-electron chi connectivity index (χ0n) is 12.8. The van der Waals surface area contributed by atoms with E-state index in [-0.39, 0.29) is 5.69 Å². The van der Waals surface area contributed by atoms with E-state index < -0.39 is 0 Å². The van der Waals surface area contributed by atoms with Gasteiger partial charge >= 0.3 is 5.69 Å². The topological polar surface area (TPSA) is 60.7 Å². The molecule has 1 aliphatic carbocycles. The summed E-state index contributed by atoms with van der Waals surface area (Å²) < 4.78 is 0. The highest BCUT2D eigenvalue weighted by Crippen LogP contribution is 2.72. The Hall–Kier alpha value is -1.55. The molecule has 0 aliphatic heterocycles. The van der Waals surface area contributed by atoms with E-state index in [0.717, 1.165) is 11.0 Å². The molecule has 0 bridgehead atoms. The molecule has 4 nitrogen and oxygen atoms in total. The van der Waals surface area contributed by atoms with Gasteiger partial charge in [0.1, 0.15) is 0 Å². The zero-order valence-corrected chi connectivity index (χ0v) is 12.8. The Labute approximate surface area is 119 Å². The first-order chi connectivity index (χ1) is 9.29. The van der Waals surface area contributed by atoms with Gasteiger partial charge < -0.3 is 15.3 Å². The van der Waals surface area contributed by atoms with Crippen LogP contribution in [-0.2, 0) is 0 Å². The molecule has 2 aromatic rings. The summed E-state index contributed by atoms with van der Waals surface area (Å²) in [6, 6.07) is 6.48. The molecule has 0 spiro atoms. The first kappa shape index (κ1) is 13.4. The third kappa shape index (κ3) is 1.67. The van der Waals surface area contributed by atoms with Gasteiger partial charge in [-0.2, -0.15) is 0 Å². The van der Waals surface area contributed by atoms with Crippen LogP contribution in [0.2, 0.25) is 0 Å². The van der Waals surface area contributed by atoms with E-state index >= 15 is 0 Å². The Bertz CT molecular complexity index is 694. The Morgan fingerprint density at radius 1 is 1.10 bits per heavy atom. The van der Waals surface area contributed by atoms with Crippen LogP contribution in [0.3, 0.4) is 0 Å². The second kappa shape index (κ2) is 3.98. The maximum absolute atomic E-state index is 11.4. The molecule has 1 heterocycles. The monoisotopic (exact) mass is 273 g/mol. The van der Waals surface area contributed by atoms with E-state index in [1.807, 2.05) is 13.1 Å². The SMILES string of the molecule is CNC(c1ccc2[nH]c(=O)[nH]c2c1)C1C(C)(C)C1(C)C. The summed E-state index contributed by atoms with van der Waals surface area (Å²) in [4.78, 5) is 17.0. The van der Waals surface area contributed by atoms with E-state index in [0.29, 0.717) is 22.8 Å². The van der Waals surface area contributed by atoms with Crippen LogP contribution in [0, 0.1) is 16.7 Å². The predicted molar refractivity (Wildman–Crippen MR) is 81.8 cm³/mol. The zero-order chi connectivity index (χ0) is 14.7. The molecule has 1 aromatic carbocycles. The van der Waals surface area contributed by atoms with Gasteiger partial charge in [-0.05, 0) is 41.5 Å². The van der Waals surface area contributed by atoms with Crippen LogP contribution in [-0.4, -0.2) is 17.0 Å². The van der Waals surface area contributed by atoms with Gasteiger partial charge in [0.2, 0.25) is 0 Å². The van der Waals surface area contributed by atoms with Crippen LogP contribution in [0.4, 0.5) is 0 Å². The van der Waals surface area contributed by atoms with Crippen molar-refractivity contribution < 1.29 is 0 Å². The van der Waals surface area contributed by atoms with Crippen LogP contribution in [0.15, 0.2) is 23.0 Å². The van der Waals surface area contributed by atoms with Gasteiger partial charge in [0.05, 0.1) is 11.0 Å². The van der Waals surface area contributed by atoms with Crippen molar-refractivity contribution in [2.45, 2.75) is 33.7 Å². The molecule has 0 saturated heterocycles. The number of aromatic amines is 2. The highest BCUT2D eigenvalue weighted by atomic mass is 16.1. The summed E-state index contributed by atoms with van der Waals surface area (Å²) >= 11 is 0. The largest absolute Gasteiger partial charge is 0.323 e. The van der Waals surface area contributed by atoms with Gasteiger partial charge in [-0.15, -0.1) is 0 Å². The smallest absolute Gasteiger partial charge is 0.313 e. The van der Waals surface area contributed by atoms with Crippen molar-refractivity contribution in [3.8, 4) is 0 Å². The molecule has 1 unspecified atom stereocenters.